The number of aryl methyl sites for hydroxylation is 2. The van der Waals surface area contributed by atoms with Gasteiger partial charge in [-0.3, -0.25) is 9.48 Å². The second-order valence-corrected chi connectivity index (χ2v) is 4.53. The third-order valence-electron chi connectivity index (χ3n) is 2.22. The zero-order valence-electron chi connectivity index (χ0n) is 9.60. The van der Waals surface area contributed by atoms with Crippen LogP contribution in [0.3, 0.4) is 0 Å². The molecule has 0 unspecified atom stereocenters. The van der Waals surface area contributed by atoms with E-state index in [9.17, 15) is 4.79 Å². The molecule has 3 N–H and O–H groups in total. The first-order valence-corrected chi connectivity index (χ1v) is 5.94. The number of aromatic nitrogens is 3. The van der Waals surface area contributed by atoms with Crippen LogP contribution in [0.2, 0.25) is 0 Å². The van der Waals surface area contributed by atoms with Gasteiger partial charge in [0.05, 0.1) is 11.4 Å². The third kappa shape index (κ3) is 2.51. The van der Waals surface area contributed by atoms with E-state index in [-0.39, 0.29) is 5.91 Å². The number of hydrogen-bond donors (Lipinski definition) is 2. The van der Waals surface area contributed by atoms with Crippen LogP contribution in [-0.2, 0) is 13.6 Å². The predicted octanol–water partition coefficient (Wildman–Crippen LogP) is 0.896. The Morgan fingerprint density at radius 3 is 2.94 bits per heavy atom. The second kappa shape index (κ2) is 4.64. The van der Waals surface area contributed by atoms with E-state index < -0.39 is 0 Å². The zero-order chi connectivity index (χ0) is 12.4. The number of amides is 1. The number of rotatable bonds is 3. The lowest BCUT2D eigenvalue weighted by Gasteiger charge is -1.99. The maximum atomic E-state index is 11.9. The van der Waals surface area contributed by atoms with E-state index in [1.165, 1.54) is 11.3 Å². The Kier molecular flexibility index (Phi) is 3.21. The van der Waals surface area contributed by atoms with Crippen LogP contribution < -0.4 is 11.1 Å². The van der Waals surface area contributed by atoms with Crippen molar-refractivity contribution in [1.29, 1.82) is 0 Å². The number of carbonyl (C=O) groups is 1. The molecule has 0 atom stereocenters. The van der Waals surface area contributed by atoms with Crippen LogP contribution in [0.4, 0.5) is 5.69 Å². The Labute approximate surface area is 102 Å². The van der Waals surface area contributed by atoms with E-state index in [1.807, 2.05) is 6.92 Å². The van der Waals surface area contributed by atoms with Crippen molar-refractivity contribution in [3.05, 3.63) is 28.0 Å². The lowest BCUT2D eigenvalue weighted by Crippen LogP contribution is -2.13. The van der Waals surface area contributed by atoms with Gasteiger partial charge in [-0.1, -0.05) is 0 Å². The van der Waals surface area contributed by atoms with Gasteiger partial charge in [0.1, 0.15) is 10.7 Å². The summed E-state index contributed by atoms with van der Waals surface area (Å²) in [6.07, 6.45) is 1.75. The molecule has 2 rings (SSSR count). The monoisotopic (exact) mass is 251 g/mol. The van der Waals surface area contributed by atoms with E-state index in [4.69, 9.17) is 5.73 Å². The number of carbonyl (C=O) groups excluding carboxylic acids is 1. The third-order valence-corrected chi connectivity index (χ3v) is 3.09. The van der Waals surface area contributed by atoms with Crippen LogP contribution in [0, 0.1) is 6.92 Å². The molecule has 2 aromatic rings. The molecule has 0 spiro atoms. The van der Waals surface area contributed by atoms with Crippen molar-refractivity contribution in [3.8, 4) is 0 Å². The molecule has 0 fully saturated rings. The summed E-state index contributed by atoms with van der Waals surface area (Å²) in [6, 6.07) is 0. The van der Waals surface area contributed by atoms with E-state index >= 15 is 0 Å². The number of thiazole rings is 1. The highest BCUT2D eigenvalue weighted by atomic mass is 32.1. The Balaban J connectivity index is 2.14. The molecule has 0 radical (unpaired) electrons. The van der Waals surface area contributed by atoms with E-state index in [2.05, 4.69) is 15.4 Å². The minimum Gasteiger partial charge on any atom is -0.325 e. The van der Waals surface area contributed by atoms with Gasteiger partial charge < -0.3 is 11.1 Å². The second-order valence-electron chi connectivity index (χ2n) is 3.59. The summed E-state index contributed by atoms with van der Waals surface area (Å²) in [6.45, 7) is 2.19. The van der Waals surface area contributed by atoms with E-state index in [0.717, 1.165) is 10.7 Å². The smallest absolute Gasteiger partial charge is 0.275 e. The number of nitrogens with zero attached hydrogens (tertiary/aromatic N) is 3. The molecule has 0 aliphatic carbocycles. The summed E-state index contributed by atoms with van der Waals surface area (Å²) in [4.78, 5) is 16.0. The van der Waals surface area contributed by atoms with Gasteiger partial charge >= 0.3 is 0 Å². The first kappa shape index (κ1) is 11.7. The van der Waals surface area contributed by atoms with Crippen LogP contribution in [0.25, 0.3) is 0 Å². The summed E-state index contributed by atoms with van der Waals surface area (Å²) in [5.74, 6) is -0.239. The van der Waals surface area contributed by atoms with Gasteiger partial charge in [-0.05, 0) is 6.92 Å². The maximum absolute atomic E-state index is 11.9. The molecule has 90 valence electrons. The van der Waals surface area contributed by atoms with Gasteiger partial charge in [-0.25, -0.2) is 4.98 Å². The molecule has 0 saturated carbocycles. The summed E-state index contributed by atoms with van der Waals surface area (Å²) < 4.78 is 1.65. The molecule has 0 bridgehead atoms. The predicted molar refractivity (Wildman–Crippen MR) is 65.9 cm³/mol. The first-order valence-electron chi connectivity index (χ1n) is 5.06. The summed E-state index contributed by atoms with van der Waals surface area (Å²) in [5, 5.41) is 9.35. The van der Waals surface area contributed by atoms with Gasteiger partial charge in [0, 0.05) is 25.2 Å². The lowest BCUT2D eigenvalue weighted by molar-refractivity contribution is 0.102. The molecule has 1 amide bonds. The minimum atomic E-state index is -0.239. The highest BCUT2D eigenvalue weighted by Gasteiger charge is 2.12. The van der Waals surface area contributed by atoms with Gasteiger partial charge in [0.25, 0.3) is 5.91 Å². The van der Waals surface area contributed by atoms with Crippen molar-refractivity contribution < 1.29 is 4.79 Å². The largest absolute Gasteiger partial charge is 0.325 e. The number of nitrogens with one attached hydrogen (secondary N) is 1. The highest BCUT2D eigenvalue weighted by Crippen LogP contribution is 2.14. The van der Waals surface area contributed by atoms with Crippen molar-refractivity contribution in [3.63, 3.8) is 0 Å². The zero-order valence-corrected chi connectivity index (χ0v) is 10.4. The Hall–Kier alpha value is -1.73. The fraction of sp³-hybridized carbons (Fsp3) is 0.300. The highest BCUT2D eigenvalue weighted by molar-refractivity contribution is 7.09. The fourth-order valence-electron chi connectivity index (χ4n) is 1.42. The van der Waals surface area contributed by atoms with Gasteiger partial charge in [0.15, 0.2) is 0 Å². The molecule has 0 aliphatic rings. The van der Waals surface area contributed by atoms with Crippen LogP contribution in [-0.4, -0.2) is 20.7 Å². The minimum absolute atomic E-state index is 0.239. The Morgan fingerprint density at radius 2 is 2.41 bits per heavy atom. The van der Waals surface area contributed by atoms with Crippen LogP contribution in [0.1, 0.15) is 21.2 Å². The SMILES string of the molecule is Cc1nn(C)cc1NC(=O)c1csc(CN)n1. The topological polar surface area (TPSA) is 85.8 Å². The molecule has 7 heteroatoms. The Bertz CT molecular complexity index is 545. The van der Waals surface area contributed by atoms with E-state index in [0.29, 0.717) is 17.9 Å². The average Bonchev–Trinajstić information content (AvgIpc) is 2.86. The van der Waals surface area contributed by atoms with Crippen molar-refractivity contribution >= 4 is 22.9 Å². The average molecular weight is 251 g/mol. The van der Waals surface area contributed by atoms with Gasteiger partial charge in [0.2, 0.25) is 0 Å². The molecule has 6 nitrogen and oxygen atoms in total. The Morgan fingerprint density at radius 1 is 1.65 bits per heavy atom. The normalized spacial score (nSPS) is 10.5. The van der Waals surface area contributed by atoms with Crippen molar-refractivity contribution in [1.82, 2.24) is 14.8 Å². The van der Waals surface area contributed by atoms with Gasteiger partial charge in [-0.2, -0.15) is 5.10 Å². The summed E-state index contributed by atoms with van der Waals surface area (Å²) in [5.41, 5.74) is 7.30. The number of anilines is 1. The lowest BCUT2D eigenvalue weighted by atomic mass is 10.3. The van der Waals surface area contributed by atoms with Crippen LogP contribution >= 0.6 is 11.3 Å². The summed E-state index contributed by atoms with van der Waals surface area (Å²) >= 11 is 1.38. The van der Waals surface area contributed by atoms with Crippen LogP contribution in [0.15, 0.2) is 11.6 Å². The van der Waals surface area contributed by atoms with Crippen molar-refractivity contribution in [2.75, 3.05) is 5.32 Å². The van der Waals surface area contributed by atoms with Crippen LogP contribution in [0.5, 0.6) is 0 Å². The molecule has 17 heavy (non-hydrogen) atoms. The molecular weight excluding hydrogens is 238 g/mol. The molecule has 0 saturated heterocycles. The molecular formula is C10H13N5OS. The first-order chi connectivity index (χ1) is 8.10. The van der Waals surface area contributed by atoms with E-state index in [1.54, 1.807) is 23.3 Å². The van der Waals surface area contributed by atoms with Crippen molar-refractivity contribution in [2.24, 2.45) is 12.8 Å². The van der Waals surface area contributed by atoms with Crippen molar-refractivity contribution in [2.45, 2.75) is 13.5 Å². The molecule has 2 aromatic heterocycles. The molecule has 0 aliphatic heterocycles. The quantitative estimate of drug-likeness (QED) is 0.848. The summed E-state index contributed by atoms with van der Waals surface area (Å²) in [7, 11) is 1.80. The number of hydrogen-bond acceptors (Lipinski definition) is 5. The van der Waals surface area contributed by atoms with Gasteiger partial charge in [-0.15, -0.1) is 11.3 Å². The molecule has 0 aromatic carbocycles. The maximum Gasteiger partial charge on any atom is 0.275 e. The number of nitrogens with two attached hydrogens (primary N) is 1. The fourth-order valence-corrected chi connectivity index (χ4v) is 2.07. The standard InChI is InChI=1S/C10H13N5OS/c1-6-7(4-15(2)14-6)13-10(16)8-5-17-9(3-11)12-8/h4-5H,3,11H2,1-2H3,(H,13,16). The molecule has 2 heterocycles.